The van der Waals surface area contributed by atoms with Crippen molar-refractivity contribution in [1.82, 2.24) is 4.90 Å². The van der Waals surface area contributed by atoms with Crippen molar-refractivity contribution in [2.24, 2.45) is 10.8 Å². The molecule has 3 saturated carbocycles. The number of carbonyl (C=O) groups is 1. The first kappa shape index (κ1) is 12.7. The van der Waals surface area contributed by atoms with Crippen LogP contribution in [0, 0.1) is 17.8 Å². The molecule has 4 aliphatic rings. The number of carbonyl (C=O) groups excluding carboxylic acids is 1. The Labute approximate surface area is 153 Å². The van der Waals surface area contributed by atoms with Gasteiger partial charge in [-0.05, 0) is 66.8 Å². The molecule has 1 unspecified atom stereocenters. The quantitative estimate of drug-likeness (QED) is 0.787. The fourth-order valence-corrected chi connectivity index (χ4v) is 6.23. The lowest BCUT2D eigenvalue weighted by molar-refractivity contribution is -0.0709. The number of hydrogen-bond acceptors (Lipinski definition) is 4. The number of thiophene rings is 1. The SMILES string of the molecule is [2H]C([2H])([2H])N1C(=O)c2sc(C)c(Br)c2NC1C12CCC(CO)(CC1)CC2. The van der Waals surface area contributed by atoms with Gasteiger partial charge in [0.1, 0.15) is 11.0 Å². The fourth-order valence-electron chi connectivity index (χ4n) is 4.60. The van der Waals surface area contributed by atoms with E-state index in [1.807, 2.05) is 6.92 Å². The van der Waals surface area contributed by atoms with Crippen molar-refractivity contribution in [2.75, 3.05) is 18.9 Å². The van der Waals surface area contributed by atoms with Crippen LogP contribution in [-0.2, 0) is 0 Å². The summed E-state index contributed by atoms with van der Waals surface area (Å²) in [6.45, 7) is -0.372. The maximum absolute atomic E-state index is 13.1. The number of halogens is 1. The van der Waals surface area contributed by atoms with Crippen molar-refractivity contribution < 1.29 is 14.0 Å². The second-order valence-electron chi connectivity index (χ2n) is 7.42. The van der Waals surface area contributed by atoms with E-state index in [9.17, 15) is 9.90 Å². The maximum Gasteiger partial charge on any atom is 0.267 e. The lowest BCUT2D eigenvalue weighted by Crippen LogP contribution is -2.59. The molecule has 2 N–H and O–H groups in total. The third kappa shape index (κ3) is 2.14. The van der Waals surface area contributed by atoms with Gasteiger partial charge in [0.15, 0.2) is 0 Å². The summed E-state index contributed by atoms with van der Waals surface area (Å²) in [5.74, 6) is -0.401. The molecule has 5 rings (SSSR count). The lowest BCUT2D eigenvalue weighted by Gasteiger charge is -2.58. The van der Waals surface area contributed by atoms with Crippen molar-refractivity contribution in [2.45, 2.75) is 51.6 Å². The average molecular weight is 402 g/mol. The van der Waals surface area contributed by atoms with Crippen LogP contribution in [0.3, 0.4) is 0 Å². The normalized spacial score (nSPS) is 38.6. The molecule has 1 aromatic heterocycles. The molecule has 1 amide bonds. The Hall–Kier alpha value is -0.590. The van der Waals surface area contributed by atoms with E-state index in [-0.39, 0.29) is 17.4 Å². The molecule has 126 valence electrons. The minimum atomic E-state index is -2.49. The Morgan fingerprint density at radius 3 is 2.61 bits per heavy atom. The van der Waals surface area contributed by atoms with Crippen LogP contribution in [0.2, 0.25) is 0 Å². The number of anilines is 1. The zero-order valence-corrected chi connectivity index (χ0v) is 15.5. The number of nitrogens with zero attached hydrogens (tertiary/aromatic N) is 1. The van der Waals surface area contributed by atoms with Crippen molar-refractivity contribution in [1.29, 1.82) is 0 Å². The number of aliphatic hydroxyl groups is 1. The van der Waals surface area contributed by atoms with Gasteiger partial charge in [-0.1, -0.05) is 0 Å². The van der Waals surface area contributed by atoms with Gasteiger partial charge in [0.25, 0.3) is 5.91 Å². The first-order valence-corrected chi connectivity index (χ1v) is 9.73. The third-order valence-electron chi connectivity index (χ3n) is 6.34. The Morgan fingerprint density at radius 2 is 2.04 bits per heavy atom. The summed E-state index contributed by atoms with van der Waals surface area (Å²) in [5, 5.41) is 13.2. The smallest absolute Gasteiger partial charge is 0.267 e. The summed E-state index contributed by atoms with van der Waals surface area (Å²) in [6, 6.07) is 0. The van der Waals surface area contributed by atoms with E-state index in [0.717, 1.165) is 58.5 Å². The monoisotopic (exact) mass is 401 g/mol. The van der Waals surface area contributed by atoms with Crippen LogP contribution in [0.5, 0.6) is 0 Å². The van der Waals surface area contributed by atoms with Crippen molar-refractivity contribution >= 4 is 38.9 Å². The molecule has 0 aromatic carbocycles. The molecular formula is C17H23BrN2O2S. The van der Waals surface area contributed by atoms with E-state index in [1.54, 1.807) is 0 Å². The van der Waals surface area contributed by atoms with E-state index in [4.69, 9.17) is 4.11 Å². The summed E-state index contributed by atoms with van der Waals surface area (Å²) >= 11 is 4.89. The Kier molecular flexibility index (Phi) is 2.88. The zero-order valence-electron chi connectivity index (χ0n) is 16.1. The number of rotatable bonds is 2. The summed E-state index contributed by atoms with van der Waals surface area (Å²) in [6.07, 6.45) is 4.63. The summed E-state index contributed by atoms with van der Waals surface area (Å²) in [5.41, 5.74) is 0.478. The molecule has 3 aliphatic carbocycles. The lowest BCUT2D eigenvalue weighted by atomic mass is 9.52. The van der Waals surface area contributed by atoms with Gasteiger partial charge in [-0.2, -0.15) is 0 Å². The van der Waals surface area contributed by atoms with E-state index >= 15 is 0 Å². The highest BCUT2D eigenvalue weighted by Gasteiger charge is 2.54. The van der Waals surface area contributed by atoms with Gasteiger partial charge in [0.05, 0.1) is 10.2 Å². The minimum absolute atomic E-state index is 0.00402. The van der Waals surface area contributed by atoms with Crippen LogP contribution >= 0.6 is 27.3 Å². The van der Waals surface area contributed by atoms with E-state index in [1.165, 1.54) is 11.3 Å². The van der Waals surface area contributed by atoms with Gasteiger partial charge < -0.3 is 15.3 Å². The molecule has 0 saturated heterocycles. The van der Waals surface area contributed by atoms with Gasteiger partial charge in [-0.25, -0.2) is 0 Å². The number of fused-ring (bicyclic) bond motifs is 4. The second-order valence-corrected chi connectivity index (χ2v) is 9.44. The molecule has 1 aliphatic heterocycles. The summed E-state index contributed by atoms with van der Waals surface area (Å²) in [4.78, 5) is 15.7. The minimum Gasteiger partial charge on any atom is -0.396 e. The first-order valence-electron chi connectivity index (χ1n) is 9.63. The van der Waals surface area contributed by atoms with Crippen molar-refractivity contribution in [3.63, 3.8) is 0 Å². The second kappa shape index (κ2) is 5.20. The standard InChI is InChI=1S/C17H23BrN2O2S/c1-10-11(18)12-13(23-10)14(22)20(2)15(19-12)17-6-3-16(9-21,4-7-17)5-8-17/h15,19,21H,3-9H2,1-2H3/i2D3. The maximum atomic E-state index is 13.1. The summed E-state index contributed by atoms with van der Waals surface area (Å²) in [7, 11) is 0. The highest BCUT2D eigenvalue weighted by Crippen LogP contribution is 2.59. The van der Waals surface area contributed by atoms with E-state index in [0.29, 0.717) is 4.88 Å². The zero-order chi connectivity index (χ0) is 18.9. The molecule has 6 heteroatoms. The average Bonchev–Trinajstić information content (AvgIpc) is 2.91. The van der Waals surface area contributed by atoms with E-state index in [2.05, 4.69) is 21.2 Å². The topological polar surface area (TPSA) is 52.6 Å². The molecule has 2 bridgehead atoms. The Morgan fingerprint density at radius 1 is 1.39 bits per heavy atom. The molecular weight excluding hydrogens is 376 g/mol. The first-order chi connectivity index (χ1) is 12.1. The molecule has 4 nitrogen and oxygen atoms in total. The van der Waals surface area contributed by atoms with Gasteiger partial charge >= 0.3 is 0 Å². The number of hydrogen-bond donors (Lipinski definition) is 2. The number of nitrogens with one attached hydrogen (secondary N) is 1. The Balaban J connectivity index is 1.77. The van der Waals surface area contributed by atoms with Gasteiger partial charge in [-0.15, -0.1) is 11.3 Å². The van der Waals surface area contributed by atoms with Crippen LogP contribution in [0.4, 0.5) is 5.69 Å². The van der Waals surface area contributed by atoms with Crippen LogP contribution in [0.15, 0.2) is 4.47 Å². The van der Waals surface area contributed by atoms with Crippen molar-refractivity contribution in [3.05, 3.63) is 14.2 Å². The predicted octanol–water partition coefficient (Wildman–Crippen LogP) is 3.98. The largest absolute Gasteiger partial charge is 0.396 e. The third-order valence-corrected chi connectivity index (χ3v) is 8.69. The van der Waals surface area contributed by atoms with Crippen LogP contribution in [-0.4, -0.2) is 35.7 Å². The van der Waals surface area contributed by atoms with Crippen LogP contribution in [0.25, 0.3) is 0 Å². The molecule has 0 radical (unpaired) electrons. The fraction of sp³-hybridized carbons (Fsp3) is 0.706. The molecule has 2 heterocycles. The molecule has 1 atom stereocenters. The number of aryl methyl sites for hydroxylation is 1. The van der Waals surface area contributed by atoms with Gasteiger partial charge in [0.2, 0.25) is 0 Å². The molecule has 3 fully saturated rings. The molecule has 1 aromatic rings. The predicted molar refractivity (Wildman–Crippen MR) is 95.9 cm³/mol. The van der Waals surface area contributed by atoms with Gasteiger partial charge in [-0.3, -0.25) is 4.79 Å². The highest BCUT2D eigenvalue weighted by molar-refractivity contribution is 9.10. The van der Waals surface area contributed by atoms with E-state index < -0.39 is 19.0 Å². The number of aliphatic hydroxyl groups excluding tert-OH is 1. The van der Waals surface area contributed by atoms with Gasteiger partial charge in [0, 0.05) is 28.0 Å². The van der Waals surface area contributed by atoms with Crippen LogP contribution in [0.1, 0.15) is 57.2 Å². The molecule has 23 heavy (non-hydrogen) atoms. The highest BCUT2D eigenvalue weighted by atomic mass is 79.9. The number of amides is 1. The van der Waals surface area contributed by atoms with Crippen LogP contribution < -0.4 is 5.32 Å². The molecule has 0 spiro atoms. The Bertz CT molecular complexity index is 739. The van der Waals surface area contributed by atoms with Crippen molar-refractivity contribution in [3.8, 4) is 0 Å². The summed E-state index contributed by atoms with van der Waals surface area (Å²) < 4.78 is 24.9.